The molecule has 116 valence electrons. The van der Waals surface area contributed by atoms with Crippen LogP contribution in [0.2, 0.25) is 0 Å². The number of nitrogen functional groups attached to an aromatic ring is 1. The van der Waals surface area contributed by atoms with E-state index < -0.39 is 0 Å². The standard InChI is InChI=1S/C17H26N2O2/c1-11-9-13(10-14(15(11)18)16(20)21-4)19-12-5-7-17(2,3)8-6-12/h9-10,12,19H,5-8,18H2,1-4H3. The molecule has 0 spiro atoms. The molecule has 4 nitrogen and oxygen atoms in total. The number of hydrogen-bond donors (Lipinski definition) is 2. The zero-order chi connectivity index (χ0) is 15.6. The average molecular weight is 290 g/mol. The van der Waals surface area contributed by atoms with Crippen molar-refractivity contribution in [1.82, 2.24) is 0 Å². The van der Waals surface area contributed by atoms with Crippen molar-refractivity contribution in [2.24, 2.45) is 5.41 Å². The molecule has 0 saturated heterocycles. The van der Waals surface area contributed by atoms with Crippen LogP contribution in [0.1, 0.15) is 55.5 Å². The third-order valence-electron chi connectivity index (χ3n) is 4.50. The normalized spacial score (nSPS) is 18.3. The highest BCUT2D eigenvalue weighted by atomic mass is 16.5. The fourth-order valence-electron chi connectivity index (χ4n) is 2.94. The third-order valence-corrected chi connectivity index (χ3v) is 4.50. The van der Waals surface area contributed by atoms with E-state index in [4.69, 9.17) is 10.5 Å². The van der Waals surface area contributed by atoms with E-state index in [2.05, 4.69) is 19.2 Å². The van der Waals surface area contributed by atoms with Crippen molar-refractivity contribution in [1.29, 1.82) is 0 Å². The minimum absolute atomic E-state index is 0.385. The number of carbonyl (C=O) groups excluding carboxylic acids is 1. The summed E-state index contributed by atoms with van der Waals surface area (Å²) in [7, 11) is 1.38. The molecule has 1 aliphatic rings. The molecule has 1 aliphatic carbocycles. The molecule has 0 radical (unpaired) electrons. The highest BCUT2D eigenvalue weighted by Gasteiger charge is 2.27. The van der Waals surface area contributed by atoms with Crippen molar-refractivity contribution in [3.63, 3.8) is 0 Å². The number of aryl methyl sites for hydroxylation is 1. The predicted octanol–water partition coefficient (Wildman–Crippen LogP) is 3.74. The number of ether oxygens (including phenoxy) is 1. The molecule has 1 saturated carbocycles. The van der Waals surface area contributed by atoms with Crippen LogP contribution in [0, 0.1) is 12.3 Å². The van der Waals surface area contributed by atoms with E-state index in [9.17, 15) is 4.79 Å². The van der Waals surface area contributed by atoms with Crippen LogP contribution in [0.4, 0.5) is 11.4 Å². The zero-order valence-electron chi connectivity index (χ0n) is 13.5. The molecule has 2 rings (SSSR count). The lowest BCUT2D eigenvalue weighted by atomic mass is 9.75. The molecule has 4 heteroatoms. The first-order valence-electron chi connectivity index (χ1n) is 7.57. The van der Waals surface area contributed by atoms with Gasteiger partial charge in [-0.05, 0) is 55.7 Å². The summed E-state index contributed by atoms with van der Waals surface area (Å²) in [5, 5.41) is 3.54. The van der Waals surface area contributed by atoms with Gasteiger partial charge in [0, 0.05) is 17.4 Å². The SMILES string of the molecule is COC(=O)c1cc(NC2CCC(C)(C)CC2)cc(C)c1N. The minimum Gasteiger partial charge on any atom is -0.465 e. The summed E-state index contributed by atoms with van der Waals surface area (Å²) in [5.41, 5.74) is 9.21. The van der Waals surface area contributed by atoms with Crippen LogP contribution in [0.25, 0.3) is 0 Å². The number of esters is 1. The average Bonchev–Trinajstić information content (AvgIpc) is 2.44. The molecular weight excluding hydrogens is 264 g/mol. The van der Waals surface area contributed by atoms with Crippen LogP contribution >= 0.6 is 0 Å². The van der Waals surface area contributed by atoms with Gasteiger partial charge in [-0.1, -0.05) is 13.8 Å². The topological polar surface area (TPSA) is 64.3 Å². The molecule has 1 aromatic carbocycles. The first kappa shape index (κ1) is 15.7. The Bertz CT molecular complexity index is 528. The molecule has 1 aromatic rings. The van der Waals surface area contributed by atoms with Crippen molar-refractivity contribution in [2.75, 3.05) is 18.2 Å². The summed E-state index contributed by atoms with van der Waals surface area (Å²) in [5.74, 6) is -0.385. The molecular formula is C17H26N2O2. The summed E-state index contributed by atoms with van der Waals surface area (Å²) in [6, 6.07) is 4.27. The lowest BCUT2D eigenvalue weighted by Gasteiger charge is -2.35. The van der Waals surface area contributed by atoms with Crippen LogP contribution in [0.15, 0.2) is 12.1 Å². The Balaban J connectivity index is 2.14. The fraction of sp³-hybridized carbons (Fsp3) is 0.588. The van der Waals surface area contributed by atoms with Gasteiger partial charge in [0.2, 0.25) is 0 Å². The lowest BCUT2D eigenvalue weighted by Crippen LogP contribution is -2.30. The number of anilines is 2. The van der Waals surface area contributed by atoms with Crippen molar-refractivity contribution >= 4 is 17.3 Å². The monoisotopic (exact) mass is 290 g/mol. The van der Waals surface area contributed by atoms with E-state index in [-0.39, 0.29) is 5.97 Å². The van der Waals surface area contributed by atoms with E-state index in [1.807, 2.05) is 13.0 Å². The molecule has 1 fully saturated rings. The molecule has 0 heterocycles. The number of nitrogens with one attached hydrogen (secondary N) is 1. The van der Waals surface area contributed by atoms with Crippen LogP contribution < -0.4 is 11.1 Å². The highest BCUT2D eigenvalue weighted by Crippen LogP contribution is 2.36. The van der Waals surface area contributed by atoms with Gasteiger partial charge in [0.25, 0.3) is 0 Å². The molecule has 3 N–H and O–H groups in total. The Morgan fingerprint density at radius 1 is 1.33 bits per heavy atom. The molecule has 0 aromatic heterocycles. The van der Waals surface area contributed by atoms with Crippen molar-refractivity contribution in [3.05, 3.63) is 23.3 Å². The second-order valence-corrected chi connectivity index (χ2v) is 6.83. The van der Waals surface area contributed by atoms with Crippen LogP contribution in [-0.4, -0.2) is 19.1 Å². The largest absolute Gasteiger partial charge is 0.465 e. The predicted molar refractivity (Wildman–Crippen MR) is 86.6 cm³/mol. The maximum Gasteiger partial charge on any atom is 0.340 e. The second-order valence-electron chi connectivity index (χ2n) is 6.83. The first-order valence-corrected chi connectivity index (χ1v) is 7.57. The number of methoxy groups -OCH3 is 1. The van der Waals surface area contributed by atoms with Gasteiger partial charge in [-0.2, -0.15) is 0 Å². The van der Waals surface area contributed by atoms with E-state index in [0.29, 0.717) is 22.7 Å². The van der Waals surface area contributed by atoms with Gasteiger partial charge in [-0.15, -0.1) is 0 Å². The number of rotatable bonds is 3. The van der Waals surface area contributed by atoms with E-state index in [1.165, 1.54) is 20.0 Å². The third kappa shape index (κ3) is 3.69. The summed E-state index contributed by atoms with van der Waals surface area (Å²) in [6.45, 7) is 6.56. The van der Waals surface area contributed by atoms with Crippen LogP contribution in [0.5, 0.6) is 0 Å². The van der Waals surface area contributed by atoms with Gasteiger partial charge >= 0.3 is 5.97 Å². The lowest BCUT2D eigenvalue weighted by molar-refractivity contribution is 0.0602. The quantitative estimate of drug-likeness (QED) is 0.657. The first-order chi connectivity index (χ1) is 9.82. The van der Waals surface area contributed by atoms with Gasteiger partial charge < -0.3 is 15.8 Å². The Hall–Kier alpha value is -1.71. The molecule has 0 atom stereocenters. The molecule has 21 heavy (non-hydrogen) atoms. The summed E-state index contributed by atoms with van der Waals surface area (Å²) < 4.78 is 4.80. The Kier molecular flexibility index (Phi) is 4.45. The van der Waals surface area contributed by atoms with Crippen molar-refractivity contribution in [3.8, 4) is 0 Å². The van der Waals surface area contributed by atoms with Crippen molar-refractivity contribution < 1.29 is 9.53 Å². The zero-order valence-corrected chi connectivity index (χ0v) is 13.5. The number of nitrogens with two attached hydrogens (primary N) is 1. The smallest absolute Gasteiger partial charge is 0.340 e. The van der Waals surface area contributed by atoms with Gasteiger partial charge in [-0.3, -0.25) is 0 Å². The Labute approximate surface area is 127 Å². The van der Waals surface area contributed by atoms with Crippen LogP contribution in [-0.2, 0) is 4.74 Å². The summed E-state index contributed by atoms with van der Waals surface area (Å²) >= 11 is 0. The second kappa shape index (κ2) is 5.96. The minimum atomic E-state index is -0.385. The number of hydrogen-bond acceptors (Lipinski definition) is 4. The Morgan fingerprint density at radius 2 is 1.95 bits per heavy atom. The molecule has 0 bridgehead atoms. The fourth-order valence-corrected chi connectivity index (χ4v) is 2.94. The van der Waals surface area contributed by atoms with Crippen molar-refractivity contribution in [2.45, 2.75) is 52.5 Å². The number of carbonyl (C=O) groups is 1. The summed E-state index contributed by atoms with van der Waals surface area (Å²) in [6.07, 6.45) is 4.76. The van der Waals surface area contributed by atoms with Gasteiger partial charge in [0.15, 0.2) is 0 Å². The van der Waals surface area contributed by atoms with Crippen LogP contribution in [0.3, 0.4) is 0 Å². The van der Waals surface area contributed by atoms with E-state index in [0.717, 1.165) is 24.1 Å². The molecule has 0 unspecified atom stereocenters. The maximum atomic E-state index is 11.8. The van der Waals surface area contributed by atoms with Gasteiger partial charge in [-0.25, -0.2) is 4.79 Å². The Morgan fingerprint density at radius 3 is 2.52 bits per heavy atom. The molecule has 0 amide bonds. The van der Waals surface area contributed by atoms with E-state index >= 15 is 0 Å². The molecule has 0 aliphatic heterocycles. The summed E-state index contributed by atoms with van der Waals surface area (Å²) in [4.78, 5) is 11.8. The van der Waals surface area contributed by atoms with E-state index in [1.54, 1.807) is 6.07 Å². The number of benzene rings is 1. The van der Waals surface area contributed by atoms with Gasteiger partial charge in [0.05, 0.1) is 12.7 Å². The highest BCUT2D eigenvalue weighted by molar-refractivity contribution is 5.97. The maximum absolute atomic E-state index is 11.8. The van der Waals surface area contributed by atoms with Gasteiger partial charge in [0.1, 0.15) is 0 Å².